The third kappa shape index (κ3) is 2.85. The minimum atomic E-state index is -0.421. The highest BCUT2D eigenvalue weighted by Crippen LogP contribution is 2.31. The van der Waals surface area contributed by atoms with Crippen LogP contribution in [0, 0.1) is 18.3 Å². The van der Waals surface area contributed by atoms with E-state index < -0.39 is 5.97 Å². The topological polar surface area (TPSA) is 67.9 Å². The number of carbonyl (C=O) groups is 1. The van der Waals surface area contributed by atoms with Crippen LogP contribution in [0.25, 0.3) is 15.9 Å². The van der Waals surface area contributed by atoms with Crippen molar-refractivity contribution in [2.24, 2.45) is 0 Å². The van der Waals surface area contributed by atoms with Gasteiger partial charge in [-0.2, -0.15) is 10.4 Å². The van der Waals surface area contributed by atoms with Gasteiger partial charge in [0.1, 0.15) is 15.5 Å². The van der Waals surface area contributed by atoms with Crippen molar-refractivity contribution in [1.82, 2.24) is 9.78 Å². The molecule has 0 amide bonds. The first-order chi connectivity index (χ1) is 12.7. The Bertz CT molecular complexity index is 1140. The van der Waals surface area contributed by atoms with Gasteiger partial charge >= 0.3 is 5.97 Å². The van der Waals surface area contributed by atoms with E-state index in [1.165, 1.54) is 11.3 Å². The van der Waals surface area contributed by atoms with Gasteiger partial charge in [0.2, 0.25) is 0 Å². The van der Waals surface area contributed by atoms with Gasteiger partial charge in [-0.05, 0) is 49.4 Å². The smallest absolute Gasteiger partial charge is 0.353 e. The molecular weight excluding hydrogens is 346 g/mol. The summed E-state index contributed by atoms with van der Waals surface area (Å²) in [5.74, 6) is -0.0113. The molecule has 26 heavy (non-hydrogen) atoms. The normalized spacial score (nSPS) is 10.6. The fourth-order valence-corrected chi connectivity index (χ4v) is 3.71. The zero-order chi connectivity index (χ0) is 18.1. The number of fused-ring (bicyclic) bond motifs is 1. The summed E-state index contributed by atoms with van der Waals surface area (Å²) in [7, 11) is 0. The van der Waals surface area contributed by atoms with E-state index in [9.17, 15) is 4.79 Å². The van der Waals surface area contributed by atoms with Crippen LogP contribution in [-0.2, 0) is 0 Å². The van der Waals surface area contributed by atoms with Gasteiger partial charge in [-0.15, -0.1) is 11.3 Å². The molecule has 0 bridgehead atoms. The van der Waals surface area contributed by atoms with Crippen molar-refractivity contribution in [3.8, 4) is 17.5 Å². The molecular formula is C20H13N3O2S. The number of hydrogen-bond donors (Lipinski definition) is 0. The number of esters is 1. The molecule has 0 aliphatic rings. The summed E-state index contributed by atoms with van der Waals surface area (Å²) < 4.78 is 7.26. The number of ether oxygens (including phenoxy) is 1. The lowest BCUT2D eigenvalue weighted by Gasteiger charge is -2.03. The van der Waals surface area contributed by atoms with Crippen LogP contribution in [0.2, 0.25) is 0 Å². The van der Waals surface area contributed by atoms with Gasteiger partial charge in [0.25, 0.3) is 0 Å². The molecule has 0 aliphatic heterocycles. The first-order valence-corrected chi connectivity index (χ1v) is 8.74. The summed E-state index contributed by atoms with van der Waals surface area (Å²) in [5, 5.41) is 14.3. The number of hydrogen-bond acceptors (Lipinski definition) is 5. The van der Waals surface area contributed by atoms with Gasteiger partial charge < -0.3 is 4.74 Å². The third-order valence-electron chi connectivity index (χ3n) is 3.94. The molecule has 2 aromatic heterocycles. The summed E-state index contributed by atoms with van der Waals surface area (Å²) >= 11 is 1.35. The van der Waals surface area contributed by atoms with Gasteiger partial charge in [0.15, 0.2) is 0 Å². The molecule has 5 nitrogen and oxygen atoms in total. The number of para-hydroxylation sites is 1. The summed E-state index contributed by atoms with van der Waals surface area (Å²) in [6.07, 6.45) is 0. The molecule has 4 rings (SSSR count). The zero-order valence-corrected chi connectivity index (χ0v) is 14.7. The number of thiophene rings is 1. The van der Waals surface area contributed by atoms with Gasteiger partial charge in [-0.1, -0.05) is 18.2 Å². The number of nitrogens with zero attached hydrogens (tertiary/aromatic N) is 3. The molecule has 6 heteroatoms. The van der Waals surface area contributed by atoms with Crippen molar-refractivity contribution < 1.29 is 9.53 Å². The number of aryl methyl sites for hydroxylation is 1. The summed E-state index contributed by atoms with van der Waals surface area (Å²) in [4.78, 5) is 13.9. The summed E-state index contributed by atoms with van der Waals surface area (Å²) in [6, 6.07) is 20.1. The summed E-state index contributed by atoms with van der Waals surface area (Å²) in [6.45, 7) is 1.92. The van der Waals surface area contributed by atoms with E-state index in [4.69, 9.17) is 10.00 Å². The van der Waals surface area contributed by atoms with Gasteiger partial charge in [0.05, 0.1) is 23.0 Å². The Kier molecular flexibility index (Phi) is 3.99. The van der Waals surface area contributed by atoms with Crippen LogP contribution in [0.15, 0.2) is 60.7 Å². The molecule has 0 saturated carbocycles. The van der Waals surface area contributed by atoms with E-state index in [0.717, 1.165) is 21.6 Å². The molecule has 0 unspecified atom stereocenters. The van der Waals surface area contributed by atoms with E-state index in [1.807, 2.05) is 54.1 Å². The number of carbonyl (C=O) groups excluding carboxylic acids is 1. The van der Waals surface area contributed by atoms with Crippen molar-refractivity contribution in [3.63, 3.8) is 0 Å². The fraction of sp³-hybridized carbons (Fsp3) is 0.0500. The molecule has 126 valence electrons. The van der Waals surface area contributed by atoms with Gasteiger partial charge in [0, 0.05) is 5.39 Å². The fourth-order valence-electron chi connectivity index (χ4n) is 2.65. The highest BCUT2D eigenvalue weighted by molar-refractivity contribution is 7.20. The highest BCUT2D eigenvalue weighted by Gasteiger charge is 2.18. The lowest BCUT2D eigenvalue weighted by molar-refractivity contribution is 0.0740. The van der Waals surface area contributed by atoms with E-state index in [-0.39, 0.29) is 0 Å². The highest BCUT2D eigenvalue weighted by atomic mass is 32.1. The van der Waals surface area contributed by atoms with E-state index >= 15 is 0 Å². The minimum absolute atomic E-state index is 0.410. The number of rotatable bonds is 3. The van der Waals surface area contributed by atoms with Crippen molar-refractivity contribution in [3.05, 3.63) is 76.8 Å². The largest absolute Gasteiger partial charge is 0.422 e. The van der Waals surface area contributed by atoms with Crippen LogP contribution in [0.4, 0.5) is 0 Å². The van der Waals surface area contributed by atoms with E-state index in [0.29, 0.717) is 16.2 Å². The Labute approximate surface area is 153 Å². The van der Waals surface area contributed by atoms with Crippen LogP contribution in [0.5, 0.6) is 5.75 Å². The zero-order valence-electron chi connectivity index (χ0n) is 13.8. The summed E-state index contributed by atoms with van der Waals surface area (Å²) in [5.41, 5.74) is 2.32. The maximum absolute atomic E-state index is 12.5. The van der Waals surface area contributed by atoms with Crippen LogP contribution >= 0.6 is 11.3 Å². The molecule has 0 saturated heterocycles. The Balaban J connectivity index is 1.67. The molecule has 2 heterocycles. The minimum Gasteiger partial charge on any atom is -0.422 e. The predicted molar refractivity (Wildman–Crippen MR) is 99.8 cm³/mol. The van der Waals surface area contributed by atoms with Crippen LogP contribution in [0.3, 0.4) is 0 Å². The molecule has 0 atom stereocenters. The van der Waals surface area contributed by atoms with E-state index in [1.54, 1.807) is 24.3 Å². The Morgan fingerprint density at radius 1 is 1.15 bits per heavy atom. The van der Waals surface area contributed by atoms with E-state index in [2.05, 4.69) is 5.10 Å². The second kappa shape index (κ2) is 6.47. The van der Waals surface area contributed by atoms with Gasteiger partial charge in [-0.25, -0.2) is 9.48 Å². The average molecular weight is 359 g/mol. The van der Waals surface area contributed by atoms with Crippen LogP contribution in [0.1, 0.15) is 20.9 Å². The SMILES string of the molecule is Cc1nn(-c2ccccc2)c2sc(C(=O)Oc3ccc(C#N)cc3)cc12. The molecule has 0 fully saturated rings. The third-order valence-corrected chi connectivity index (χ3v) is 5.03. The number of nitriles is 1. The standard InChI is InChI=1S/C20H13N3O2S/c1-13-17-11-18(20(24)25-16-9-7-14(12-21)8-10-16)26-19(17)23(22-13)15-5-3-2-4-6-15/h2-11H,1H3. The lowest BCUT2D eigenvalue weighted by Crippen LogP contribution is -2.06. The number of benzene rings is 2. The molecule has 0 aliphatic carbocycles. The Morgan fingerprint density at radius 3 is 2.58 bits per heavy atom. The second-order valence-corrected chi connectivity index (χ2v) is 6.72. The van der Waals surface area contributed by atoms with Crippen molar-refractivity contribution in [1.29, 1.82) is 5.26 Å². The maximum atomic E-state index is 12.5. The predicted octanol–water partition coefficient (Wildman–Crippen LogP) is 4.49. The van der Waals surface area contributed by atoms with Crippen molar-refractivity contribution >= 4 is 27.5 Å². The van der Waals surface area contributed by atoms with Crippen LogP contribution in [-0.4, -0.2) is 15.7 Å². The average Bonchev–Trinajstić information content (AvgIpc) is 3.24. The van der Waals surface area contributed by atoms with Crippen LogP contribution < -0.4 is 4.74 Å². The molecule has 0 N–H and O–H groups in total. The molecule has 2 aromatic carbocycles. The first-order valence-electron chi connectivity index (χ1n) is 7.92. The Hall–Kier alpha value is -3.43. The Morgan fingerprint density at radius 2 is 1.88 bits per heavy atom. The lowest BCUT2D eigenvalue weighted by atomic mass is 10.2. The first kappa shape index (κ1) is 16.1. The second-order valence-electron chi connectivity index (χ2n) is 5.69. The number of aromatic nitrogens is 2. The monoisotopic (exact) mass is 359 g/mol. The van der Waals surface area contributed by atoms with Gasteiger partial charge in [-0.3, -0.25) is 0 Å². The van der Waals surface area contributed by atoms with Crippen molar-refractivity contribution in [2.75, 3.05) is 0 Å². The molecule has 4 aromatic rings. The van der Waals surface area contributed by atoms with Crippen molar-refractivity contribution in [2.45, 2.75) is 6.92 Å². The molecule has 0 spiro atoms. The quantitative estimate of drug-likeness (QED) is 0.399. The maximum Gasteiger partial charge on any atom is 0.353 e. The molecule has 0 radical (unpaired) electrons.